The zero-order chi connectivity index (χ0) is 28.2. The molecule has 0 N–H and O–H groups in total. The number of benzene rings is 3. The van der Waals surface area contributed by atoms with Crippen molar-refractivity contribution in [3.8, 4) is 17.4 Å². The monoisotopic (exact) mass is 559 g/mol. The van der Waals surface area contributed by atoms with Crippen LogP contribution in [0.2, 0.25) is 0 Å². The number of para-hydroxylation sites is 1. The second-order valence-electron chi connectivity index (χ2n) is 10.1. The van der Waals surface area contributed by atoms with Gasteiger partial charge in [-0.1, -0.05) is 30.3 Å². The van der Waals surface area contributed by atoms with Crippen molar-refractivity contribution in [2.24, 2.45) is 0 Å². The average molecular weight is 560 g/mol. The Bertz CT molecular complexity index is 2150. The number of rotatable bonds is 5. The summed E-state index contributed by atoms with van der Waals surface area (Å²) in [5.74, 6) is 0.650. The number of hydrogen-bond acceptors (Lipinski definition) is 7. The van der Waals surface area contributed by atoms with Crippen molar-refractivity contribution < 1.29 is 9.13 Å². The number of aromatic nitrogens is 9. The molecule has 0 radical (unpaired) electrons. The number of ether oxygens (including phenoxy) is 1. The van der Waals surface area contributed by atoms with Crippen LogP contribution < -0.4 is 10.4 Å². The SMILES string of the molecule is O=c1n(Cc2ccc(-n3cncn3)cc2)c2cnc(-n3cnc4ccc(F)cc43)nc2n1C1CCOc2ccccc21. The van der Waals surface area contributed by atoms with E-state index in [9.17, 15) is 9.18 Å². The van der Waals surface area contributed by atoms with E-state index in [1.165, 1.54) is 18.5 Å². The van der Waals surface area contributed by atoms with Crippen LogP contribution >= 0.6 is 0 Å². The Labute approximate surface area is 237 Å². The third-order valence-corrected chi connectivity index (χ3v) is 7.62. The quantitative estimate of drug-likeness (QED) is 0.313. The Balaban J connectivity index is 1.29. The Kier molecular flexibility index (Phi) is 5.45. The number of fused-ring (bicyclic) bond motifs is 3. The Morgan fingerprint density at radius 3 is 2.71 bits per heavy atom. The molecule has 0 spiro atoms. The van der Waals surface area contributed by atoms with Crippen molar-refractivity contribution in [2.75, 3.05) is 6.61 Å². The van der Waals surface area contributed by atoms with Crippen molar-refractivity contribution >= 4 is 22.2 Å². The number of halogens is 1. The summed E-state index contributed by atoms with van der Waals surface area (Å²) in [5.41, 5.74) is 4.70. The minimum Gasteiger partial charge on any atom is -0.493 e. The van der Waals surface area contributed by atoms with E-state index in [1.54, 1.807) is 43.3 Å². The third kappa shape index (κ3) is 3.87. The first-order valence-corrected chi connectivity index (χ1v) is 13.4. The van der Waals surface area contributed by atoms with Crippen molar-refractivity contribution in [3.05, 3.63) is 119 Å². The second kappa shape index (κ2) is 9.47. The lowest BCUT2D eigenvalue weighted by Gasteiger charge is -2.26. The number of nitrogens with zero attached hydrogens (tertiary/aromatic N) is 9. The van der Waals surface area contributed by atoms with Gasteiger partial charge in [-0.15, -0.1) is 0 Å². The minimum absolute atomic E-state index is 0.208. The zero-order valence-corrected chi connectivity index (χ0v) is 22.1. The normalized spacial score (nSPS) is 14.7. The lowest BCUT2D eigenvalue weighted by Crippen LogP contribution is -2.31. The van der Waals surface area contributed by atoms with Crippen LogP contribution in [0.3, 0.4) is 0 Å². The molecule has 0 saturated carbocycles. The van der Waals surface area contributed by atoms with Gasteiger partial charge >= 0.3 is 5.69 Å². The van der Waals surface area contributed by atoms with Crippen LogP contribution in [0.25, 0.3) is 33.8 Å². The highest BCUT2D eigenvalue weighted by Crippen LogP contribution is 2.35. The van der Waals surface area contributed by atoms with Gasteiger partial charge < -0.3 is 4.74 Å². The molecule has 1 aliphatic rings. The molecular weight excluding hydrogens is 537 g/mol. The molecular formula is C30H22FN9O2. The summed E-state index contributed by atoms with van der Waals surface area (Å²) in [4.78, 5) is 32.1. The molecule has 1 aliphatic heterocycles. The van der Waals surface area contributed by atoms with Crippen molar-refractivity contribution in [1.29, 1.82) is 0 Å². The van der Waals surface area contributed by atoms with Gasteiger partial charge in [-0.05, 0) is 35.9 Å². The minimum atomic E-state index is -0.387. The highest BCUT2D eigenvalue weighted by molar-refractivity contribution is 5.78. The Morgan fingerprint density at radius 2 is 1.86 bits per heavy atom. The predicted octanol–water partition coefficient (Wildman–Crippen LogP) is 4.07. The van der Waals surface area contributed by atoms with Gasteiger partial charge in [0.1, 0.15) is 36.1 Å². The summed E-state index contributed by atoms with van der Waals surface area (Å²) in [6, 6.07) is 19.6. The zero-order valence-electron chi connectivity index (χ0n) is 22.1. The van der Waals surface area contributed by atoms with Crippen molar-refractivity contribution in [3.63, 3.8) is 0 Å². The van der Waals surface area contributed by atoms with Crippen LogP contribution in [0.4, 0.5) is 4.39 Å². The van der Waals surface area contributed by atoms with Gasteiger partial charge in [0.2, 0.25) is 5.95 Å². The first kappa shape index (κ1) is 24.2. The molecule has 11 nitrogen and oxygen atoms in total. The van der Waals surface area contributed by atoms with Crippen LogP contribution in [0, 0.1) is 5.82 Å². The molecule has 206 valence electrons. The fraction of sp³-hybridized carbons (Fsp3) is 0.133. The van der Waals surface area contributed by atoms with Gasteiger partial charge in [-0.2, -0.15) is 10.1 Å². The maximum atomic E-state index is 14.2. The Hall–Kier alpha value is -5.65. The summed E-state index contributed by atoms with van der Waals surface area (Å²) in [7, 11) is 0. The molecule has 4 aromatic heterocycles. The fourth-order valence-electron chi connectivity index (χ4n) is 5.61. The summed E-state index contributed by atoms with van der Waals surface area (Å²) in [5, 5.41) is 4.17. The van der Waals surface area contributed by atoms with Gasteiger partial charge in [0.05, 0.1) is 42.1 Å². The smallest absolute Gasteiger partial charge is 0.331 e. The second-order valence-corrected chi connectivity index (χ2v) is 10.1. The maximum Gasteiger partial charge on any atom is 0.331 e. The molecule has 1 atom stereocenters. The highest BCUT2D eigenvalue weighted by atomic mass is 19.1. The molecule has 0 aliphatic carbocycles. The molecule has 42 heavy (non-hydrogen) atoms. The van der Waals surface area contributed by atoms with E-state index >= 15 is 0 Å². The Morgan fingerprint density at radius 1 is 0.976 bits per heavy atom. The summed E-state index contributed by atoms with van der Waals surface area (Å²) in [6.07, 6.45) is 6.92. The topological polar surface area (TPSA) is 110 Å². The van der Waals surface area contributed by atoms with Gasteiger partial charge in [0.25, 0.3) is 0 Å². The van der Waals surface area contributed by atoms with Crippen LogP contribution in [0.1, 0.15) is 23.6 Å². The average Bonchev–Trinajstić information content (AvgIpc) is 3.76. The van der Waals surface area contributed by atoms with Crippen molar-refractivity contribution in [2.45, 2.75) is 19.0 Å². The lowest BCUT2D eigenvalue weighted by atomic mass is 10.0. The van der Waals surface area contributed by atoms with Crippen molar-refractivity contribution in [1.82, 2.24) is 43.4 Å². The van der Waals surface area contributed by atoms with Crippen LogP contribution in [0.15, 0.2) is 96.7 Å². The van der Waals surface area contributed by atoms with E-state index in [4.69, 9.17) is 9.72 Å². The van der Waals surface area contributed by atoms with E-state index in [0.717, 1.165) is 22.6 Å². The molecule has 0 fully saturated rings. The molecule has 3 aromatic carbocycles. The van der Waals surface area contributed by atoms with Crippen LogP contribution in [-0.2, 0) is 6.54 Å². The van der Waals surface area contributed by atoms with Gasteiger partial charge in [-0.3, -0.25) is 13.7 Å². The first-order chi connectivity index (χ1) is 20.6. The molecule has 8 rings (SSSR count). The maximum absolute atomic E-state index is 14.2. The lowest BCUT2D eigenvalue weighted by molar-refractivity contribution is 0.255. The van der Waals surface area contributed by atoms with Gasteiger partial charge in [0, 0.05) is 18.1 Å². The summed E-state index contributed by atoms with van der Waals surface area (Å²) in [6.45, 7) is 0.778. The number of imidazole rings is 2. The van der Waals surface area contributed by atoms with E-state index in [2.05, 4.69) is 20.1 Å². The third-order valence-electron chi connectivity index (χ3n) is 7.62. The van der Waals surface area contributed by atoms with E-state index < -0.39 is 0 Å². The largest absolute Gasteiger partial charge is 0.493 e. The molecule has 7 aromatic rings. The van der Waals surface area contributed by atoms with Gasteiger partial charge in [0.15, 0.2) is 5.65 Å². The molecule has 0 amide bonds. The van der Waals surface area contributed by atoms with E-state index in [1.807, 2.05) is 48.5 Å². The van der Waals surface area contributed by atoms with Gasteiger partial charge in [-0.25, -0.2) is 28.8 Å². The molecule has 1 unspecified atom stereocenters. The molecule has 5 heterocycles. The van der Waals surface area contributed by atoms with Crippen LogP contribution in [-0.4, -0.2) is 50.0 Å². The highest BCUT2D eigenvalue weighted by Gasteiger charge is 2.29. The number of hydrogen-bond donors (Lipinski definition) is 0. The van der Waals surface area contributed by atoms with E-state index in [-0.39, 0.29) is 17.5 Å². The predicted molar refractivity (Wildman–Crippen MR) is 152 cm³/mol. The van der Waals surface area contributed by atoms with Crippen LogP contribution in [0.5, 0.6) is 5.75 Å². The van der Waals surface area contributed by atoms with E-state index in [0.29, 0.717) is 47.7 Å². The summed E-state index contributed by atoms with van der Waals surface area (Å²) < 4.78 is 26.7. The standard InChI is InChI=1S/C30H22FN9O2/c31-20-7-10-23-25(13-20)38(18-34-23)29-33-14-26-28(36-29)40(24-11-12-42-27-4-2-1-3-22(24)27)30(41)37(26)15-19-5-8-21(9-6-19)39-17-32-16-35-39/h1-10,13-14,16-18,24H,11-12,15H2. The first-order valence-electron chi connectivity index (χ1n) is 13.4. The summed E-state index contributed by atoms with van der Waals surface area (Å²) >= 11 is 0. The molecule has 0 saturated heterocycles. The fourth-order valence-corrected chi connectivity index (χ4v) is 5.61. The molecule has 0 bridgehead atoms. The molecule has 12 heteroatoms.